The van der Waals surface area contributed by atoms with Crippen LogP contribution in [0, 0.1) is 5.82 Å². The van der Waals surface area contributed by atoms with Crippen LogP contribution < -0.4 is 9.64 Å². The molecule has 5 nitrogen and oxygen atoms in total. The number of methoxy groups -OCH3 is 1. The first-order valence-electron chi connectivity index (χ1n) is 8.18. The van der Waals surface area contributed by atoms with Gasteiger partial charge >= 0.3 is 0 Å². The van der Waals surface area contributed by atoms with Gasteiger partial charge in [0.25, 0.3) is 0 Å². The molecule has 0 unspecified atom stereocenters. The van der Waals surface area contributed by atoms with Crippen molar-refractivity contribution in [3.63, 3.8) is 0 Å². The van der Waals surface area contributed by atoms with Gasteiger partial charge in [-0.1, -0.05) is 12.1 Å². The van der Waals surface area contributed by atoms with Crippen LogP contribution in [0.25, 0.3) is 22.2 Å². The normalized spacial score (nSPS) is 14.7. The maximum absolute atomic E-state index is 13.6. The monoisotopic (exact) mass is 339 g/mol. The van der Waals surface area contributed by atoms with E-state index in [1.165, 1.54) is 13.2 Å². The Morgan fingerprint density at radius 2 is 1.80 bits per heavy atom. The number of morpholine rings is 1. The van der Waals surface area contributed by atoms with Gasteiger partial charge in [0, 0.05) is 13.1 Å². The van der Waals surface area contributed by atoms with Gasteiger partial charge in [0.1, 0.15) is 5.82 Å². The molecule has 4 rings (SSSR count). The van der Waals surface area contributed by atoms with E-state index in [0.29, 0.717) is 13.2 Å². The standard InChI is InChI=1S/C19H18FN3O2/c1-24-18-11-14(2-4-15(18)20)13-3-5-16-17(10-13)22-19(12-21-16)23-6-8-25-9-7-23/h2-5,10-12H,6-9H2,1H3. The number of hydrogen-bond acceptors (Lipinski definition) is 5. The second-order valence-electron chi connectivity index (χ2n) is 5.88. The second kappa shape index (κ2) is 6.64. The topological polar surface area (TPSA) is 47.5 Å². The van der Waals surface area contributed by atoms with Crippen LogP contribution in [0.1, 0.15) is 0 Å². The van der Waals surface area contributed by atoms with Crippen LogP contribution in [0.2, 0.25) is 0 Å². The molecule has 2 aromatic carbocycles. The molecule has 128 valence electrons. The Balaban J connectivity index is 1.73. The van der Waals surface area contributed by atoms with E-state index in [2.05, 4.69) is 9.88 Å². The van der Waals surface area contributed by atoms with Crippen LogP contribution in [0.15, 0.2) is 42.6 Å². The molecule has 1 saturated heterocycles. The molecule has 0 atom stereocenters. The number of aromatic nitrogens is 2. The largest absolute Gasteiger partial charge is 0.494 e. The predicted molar refractivity (Wildman–Crippen MR) is 94.5 cm³/mol. The number of rotatable bonds is 3. The van der Waals surface area contributed by atoms with Crippen molar-refractivity contribution in [2.75, 3.05) is 38.3 Å². The van der Waals surface area contributed by atoms with Crippen molar-refractivity contribution in [3.05, 3.63) is 48.4 Å². The molecule has 1 aliphatic rings. The quantitative estimate of drug-likeness (QED) is 0.733. The predicted octanol–water partition coefficient (Wildman–Crippen LogP) is 3.28. The Kier molecular flexibility index (Phi) is 4.19. The zero-order valence-corrected chi connectivity index (χ0v) is 13.9. The number of hydrogen-bond donors (Lipinski definition) is 0. The summed E-state index contributed by atoms with van der Waals surface area (Å²) < 4.78 is 24.1. The molecule has 0 bridgehead atoms. The fourth-order valence-corrected chi connectivity index (χ4v) is 2.97. The first-order chi connectivity index (χ1) is 12.2. The Bertz CT molecular complexity index is 910. The smallest absolute Gasteiger partial charge is 0.165 e. The average molecular weight is 339 g/mol. The molecule has 25 heavy (non-hydrogen) atoms. The van der Waals surface area contributed by atoms with Gasteiger partial charge in [-0.05, 0) is 35.4 Å². The summed E-state index contributed by atoms with van der Waals surface area (Å²) in [5, 5.41) is 0. The van der Waals surface area contributed by atoms with Crippen LogP contribution in [0.3, 0.4) is 0 Å². The van der Waals surface area contributed by atoms with Gasteiger partial charge in [-0.2, -0.15) is 0 Å². The second-order valence-corrected chi connectivity index (χ2v) is 5.88. The number of halogens is 1. The van der Waals surface area contributed by atoms with Gasteiger partial charge in [-0.15, -0.1) is 0 Å². The van der Waals surface area contributed by atoms with Crippen LogP contribution in [0.5, 0.6) is 5.75 Å². The molecule has 1 fully saturated rings. The number of fused-ring (bicyclic) bond motifs is 1. The molecule has 6 heteroatoms. The van der Waals surface area contributed by atoms with E-state index in [0.717, 1.165) is 41.1 Å². The molecule has 0 spiro atoms. The molecule has 0 N–H and O–H groups in total. The molecule has 1 aromatic heterocycles. The van der Waals surface area contributed by atoms with Crippen molar-refractivity contribution >= 4 is 16.9 Å². The highest BCUT2D eigenvalue weighted by atomic mass is 19.1. The Hall–Kier alpha value is -2.73. The summed E-state index contributed by atoms with van der Waals surface area (Å²) in [5.74, 6) is 0.705. The molecular weight excluding hydrogens is 321 g/mol. The molecule has 2 heterocycles. The zero-order chi connectivity index (χ0) is 17.2. The minimum absolute atomic E-state index is 0.228. The molecule has 0 saturated carbocycles. The third-order valence-electron chi connectivity index (χ3n) is 4.35. The first kappa shape index (κ1) is 15.8. The van der Waals surface area contributed by atoms with Crippen LogP contribution in [-0.2, 0) is 4.74 Å². The highest BCUT2D eigenvalue weighted by Crippen LogP contribution is 2.28. The van der Waals surface area contributed by atoms with Gasteiger partial charge < -0.3 is 14.4 Å². The Morgan fingerprint density at radius 1 is 1.04 bits per heavy atom. The van der Waals surface area contributed by atoms with E-state index in [9.17, 15) is 4.39 Å². The molecule has 0 aliphatic carbocycles. The lowest BCUT2D eigenvalue weighted by molar-refractivity contribution is 0.122. The van der Waals surface area contributed by atoms with Crippen molar-refractivity contribution in [1.29, 1.82) is 0 Å². The van der Waals surface area contributed by atoms with E-state index in [1.54, 1.807) is 18.3 Å². The molecule has 3 aromatic rings. The fourth-order valence-electron chi connectivity index (χ4n) is 2.97. The van der Waals surface area contributed by atoms with Crippen molar-refractivity contribution in [2.45, 2.75) is 0 Å². The Morgan fingerprint density at radius 3 is 2.60 bits per heavy atom. The third-order valence-corrected chi connectivity index (χ3v) is 4.35. The summed E-state index contributed by atoms with van der Waals surface area (Å²) in [6.45, 7) is 3.04. The van der Waals surface area contributed by atoms with Gasteiger partial charge in [-0.3, -0.25) is 4.98 Å². The summed E-state index contributed by atoms with van der Waals surface area (Å²) in [5.41, 5.74) is 3.46. The highest BCUT2D eigenvalue weighted by Gasteiger charge is 2.14. The molecule has 0 radical (unpaired) electrons. The van der Waals surface area contributed by atoms with E-state index in [1.807, 2.05) is 18.2 Å². The fraction of sp³-hybridized carbons (Fsp3) is 0.263. The summed E-state index contributed by atoms with van der Waals surface area (Å²) in [4.78, 5) is 11.4. The number of anilines is 1. The van der Waals surface area contributed by atoms with Crippen LogP contribution in [0.4, 0.5) is 10.2 Å². The Labute approximate surface area is 145 Å². The number of benzene rings is 2. The minimum atomic E-state index is -0.374. The first-order valence-corrected chi connectivity index (χ1v) is 8.18. The maximum Gasteiger partial charge on any atom is 0.165 e. The average Bonchev–Trinajstić information content (AvgIpc) is 2.68. The van der Waals surface area contributed by atoms with Gasteiger partial charge in [0.2, 0.25) is 0 Å². The summed E-state index contributed by atoms with van der Waals surface area (Å²) in [6, 6.07) is 10.7. The van der Waals surface area contributed by atoms with E-state index in [-0.39, 0.29) is 11.6 Å². The number of nitrogens with zero attached hydrogens (tertiary/aromatic N) is 3. The maximum atomic E-state index is 13.6. The van der Waals surface area contributed by atoms with E-state index >= 15 is 0 Å². The minimum Gasteiger partial charge on any atom is -0.494 e. The lowest BCUT2D eigenvalue weighted by atomic mass is 10.0. The molecule has 0 amide bonds. The lowest BCUT2D eigenvalue weighted by Gasteiger charge is -2.27. The van der Waals surface area contributed by atoms with Crippen LogP contribution in [-0.4, -0.2) is 43.4 Å². The van der Waals surface area contributed by atoms with Gasteiger partial charge in [0.05, 0.1) is 37.6 Å². The summed E-state index contributed by atoms with van der Waals surface area (Å²) in [7, 11) is 1.46. The molecule has 1 aliphatic heterocycles. The third kappa shape index (κ3) is 3.13. The van der Waals surface area contributed by atoms with E-state index in [4.69, 9.17) is 14.5 Å². The van der Waals surface area contributed by atoms with Crippen molar-refractivity contribution < 1.29 is 13.9 Å². The highest BCUT2D eigenvalue weighted by molar-refractivity contribution is 5.82. The van der Waals surface area contributed by atoms with Crippen molar-refractivity contribution in [3.8, 4) is 16.9 Å². The van der Waals surface area contributed by atoms with Crippen LogP contribution >= 0.6 is 0 Å². The zero-order valence-electron chi connectivity index (χ0n) is 13.9. The van der Waals surface area contributed by atoms with Crippen molar-refractivity contribution in [2.24, 2.45) is 0 Å². The lowest BCUT2D eigenvalue weighted by Crippen LogP contribution is -2.36. The molecular formula is C19H18FN3O2. The van der Waals surface area contributed by atoms with Gasteiger partial charge in [-0.25, -0.2) is 9.37 Å². The van der Waals surface area contributed by atoms with Crippen molar-refractivity contribution in [1.82, 2.24) is 9.97 Å². The SMILES string of the molecule is COc1cc(-c2ccc3ncc(N4CCOCC4)nc3c2)ccc1F. The van der Waals surface area contributed by atoms with E-state index < -0.39 is 0 Å². The number of ether oxygens (including phenoxy) is 2. The summed E-state index contributed by atoms with van der Waals surface area (Å²) in [6.07, 6.45) is 1.80. The summed E-state index contributed by atoms with van der Waals surface area (Å²) >= 11 is 0. The van der Waals surface area contributed by atoms with Gasteiger partial charge in [0.15, 0.2) is 11.6 Å².